The Morgan fingerprint density at radius 3 is 2.29 bits per heavy atom. The van der Waals surface area contributed by atoms with Crippen LogP contribution in [0.4, 0.5) is 10.9 Å². The summed E-state index contributed by atoms with van der Waals surface area (Å²) in [4.78, 5) is 4.60. The maximum atomic E-state index is 4.40. The summed E-state index contributed by atoms with van der Waals surface area (Å²) in [6.45, 7) is 5.82. The number of nitrogens with zero attached hydrogens (tertiary/aromatic N) is 6. The summed E-state index contributed by atoms with van der Waals surface area (Å²) in [5.41, 5.74) is 1.15. The van der Waals surface area contributed by atoms with Crippen LogP contribution in [0.15, 0.2) is 12.1 Å². The van der Waals surface area contributed by atoms with Gasteiger partial charge in [0, 0.05) is 32.1 Å². The van der Waals surface area contributed by atoms with Gasteiger partial charge >= 0.3 is 0 Å². The topological polar surface area (TPSA) is 58.0 Å². The molecule has 6 nitrogen and oxygen atoms in total. The fourth-order valence-electron chi connectivity index (χ4n) is 2.64. The fourth-order valence-corrected chi connectivity index (χ4v) is 3.38. The smallest absolute Gasteiger partial charge is 0.208 e. The summed E-state index contributed by atoms with van der Waals surface area (Å²) in [7, 11) is 0. The minimum atomic E-state index is 0.670. The largest absolute Gasteiger partial charge is 0.352 e. The standard InChI is InChI=1S/C14H18N6S/c1-10-15-18-14(21-10)20-8-6-19(7-9-20)13-5-4-12(16-17-13)11-2-3-11/h4-5,11H,2-3,6-9H2,1H3. The van der Waals surface area contributed by atoms with Gasteiger partial charge in [0.1, 0.15) is 5.01 Å². The van der Waals surface area contributed by atoms with Crippen molar-refractivity contribution in [2.45, 2.75) is 25.7 Å². The van der Waals surface area contributed by atoms with Crippen LogP contribution in [-0.4, -0.2) is 46.6 Å². The molecule has 4 rings (SSSR count). The van der Waals surface area contributed by atoms with Crippen LogP contribution in [-0.2, 0) is 0 Å². The molecule has 3 heterocycles. The van der Waals surface area contributed by atoms with Gasteiger partial charge in [0.2, 0.25) is 5.13 Å². The second kappa shape index (κ2) is 5.22. The van der Waals surface area contributed by atoms with E-state index in [9.17, 15) is 0 Å². The number of anilines is 2. The van der Waals surface area contributed by atoms with E-state index in [1.54, 1.807) is 11.3 Å². The van der Waals surface area contributed by atoms with Crippen molar-refractivity contribution in [1.82, 2.24) is 20.4 Å². The highest BCUT2D eigenvalue weighted by Crippen LogP contribution is 2.38. The second-order valence-electron chi connectivity index (χ2n) is 5.67. The molecular formula is C14H18N6S. The third-order valence-corrected chi connectivity index (χ3v) is 4.96. The zero-order valence-corrected chi connectivity index (χ0v) is 12.9. The zero-order valence-electron chi connectivity index (χ0n) is 12.1. The summed E-state index contributed by atoms with van der Waals surface area (Å²) >= 11 is 1.66. The number of piperazine rings is 1. The maximum Gasteiger partial charge on any atom is 0.208 e. The van der Waals surface area contributed by atoms with Gasteiger partial charge in [0.05, 0.1) is 5.69 Å². The zero-order chi connectivity index (χ0) is 14.2. The third kappa shape index (κ3) is 2.70. The first-order valence-electron chi connectivity index (χ1n) is 7.43. The molecular weight excluding hydrogens is 284 g/mol. The van der Waals surface area contributed by atoms with Crippen molar-refractivity contribution < 1.29 is 0 Å². The molecule has 1 aliphatic heterocycles. The first-order chi connectivity index (χ1) is 10.3. The van der Waals surface area contributed by atoms with Crippen LogP contribution in [0, 0.1) is 6.92 Å². The van der Waals surface area contributed by atoms with Crippen LogP contribution in [0.25, 0.3) is 0 Å². The summed E-state index contributed by atoms with van der Waals surface area (Å²) < 4.78 is 0. The van der Waals surface area contributed by atoms with Gasteiger partial charge in [-0.25, -0.2) is 0 Å². The molecule has 110 valence electrons. The van der Waals surface area contributed by atoms with Gasteiger partial charge in [-0.2, -0.15) is 5.10 Å². The highest BCUT2D eigenvalue weighted by molar-refractivity contribution is 7.15. The lowest BCUT2D eigenvalue weighted by molar-refractivity contribution is 0.639. The fraction of sp³-hybridized carbons (Fsp3) is 0.571. The van der Waals surface area contributed by atoms with Gasteiger partial charge in [-0.15, -0.1) is 15.3 Å². The minimum Gasteiger partial charge on any atom is -0.352 e. The molecule has 2 aromatic heterocycles. The van der Waals surface area contributed by atoms with Crippen molar-refractivity contribution in [2.75, 3.05) is 36.0 Å². The molecule has 0 spiro atoms. The highest BCUT2D eigenvalue weighted by Gasteiger charge is 2.26. The molecule has 2 fully saturated rings. The number of hydrogen-bond donors (Lipinski definition) is 0. The number of aryl methyl sites for hydroxylation is 1. The van der Waals surface area contributed by atoms with Crippen LogP contribution in [0.2, 0.25) is 0 Å². The lowest BCUT2D eigenvalue weighted by Gasteiger charge is -2.34. The maximum absolute atomic E-state index is 4.40. The van der Waals surface area contributed by atoms with Crippen LogP contribution in [0.3, 0.4) is 0 Å². The number of hydrogen-bond acceptors (Lipinski definition) is 7. The molecule has 2 aliphatic rings. The van der Waals surface area contributed by atoms with Gasteiger partial charge in [-0.3, -0.25) is 0 Å². The van der Waals surface area contributed by atoms with E-state index in [-0.39, 0.29) is 0 Å². The van der Waals surface area contributed by atoms with E-state index in [0.29, 0.717) is 5.92 Å². The molecule has 0 radical (unpaired) electrons. The monoisotopic (exact) mass is 302 g/mol. The van der Waals surface area contributed by atoms with Crippen LogP contribution < -0.4 is 9.80 Å². The minimum absolute atomic E-state index is 0.670. The average molecular weight is 302 g/mol. The van der Waals surface area contributed by atoms with Crippen molar-refractivity contribution in [3.63, 3.8) is 0 Å². The molecule has 7 heteroatoms. The van der Waals surface area contributed by atoms with Gasteiger partial charge in [0.15, 0.2) is 5.82 Å². The van der Waals surface area contributed by atoms with Crippen LogP contribution in [0.5, 0.6) is 0 Å². The van der Waals surface area contributed by atoms with Crippen LogP contribution in [0.1, 0.15) is 29.5 Å². The van der Waals surface area contributed by atoms with Crippen molar-refractivity contribution in [2.24, 2.45) is 0 Å². The Labute approximate surface area is 127 Å². The Hall–Kier alpha value is -1.76. The lowest BCUT2D eigenvalue weighted by atomic mass is 10.2. The summed E-state index contributed by atoms with van der Waals surface area (Å²) in [5, 5.41) is 19.1. The quantitative estimate of drug-likeness (QED) is 0.862. The summed E-state index contributed by atoms with van der Waals surface area (Å²) in [6.07, 6.45) is 2.54. The van der Waals surface area contributed by atoms with E-state index in [4.69, 9.17) is 0 Å². The Bertz CT molecular complexity index is 613. The second-order valence-corrected chi connectivity index (χ2v) is 6.83. The van der Waals surface area contributed by atoms with E-state index >= 15 is 0 Å². The molecule has 0 atom stereocenters. The van der Waals surface area contributed by atoms with Gasteiger partial charge in [-0.05, 0) is 31.9 Å². The average Bonchev–Trinajstić information content (AvgIpc) is 3.29. The van der Waals surface area contributed by atoms with Crippen molar-refractivity contribution in [3.8, 4) is 0 Å². The van der Waals surface area contributed by atoms with Crippen molar-refractivity contribution in [3.05, 3.63) is 22.8 Å². The van der Waals surface area contributed by atoms with E-state index in [2.05, 4.69) is 42.3 Å². The molecule has 1 aliphatic carbocycles. The van der Waals surface area contributed by atoms with Crippen molar-refractivity contribution >= 4 is 22.3 Å². The van der Waals surface area contributed by atoms with Gasteiger partial charge in [0.25, 0.3) is 0 Å². The van der Waals surface area contributed by atoms with Crippen molar-refractivity contribution in [1.29, 1.82) is 0 Å². The van der Waals surface area contributed by atoms with Crippen LogP contribution >= 0.6 is 11.3 Å². The lowest BCUT2D eigenvalue weighted by Crippen LogP contribution is -2.46. The van der Waals surface area contributed by atoms with E-state index in [0.717, 1.165) is 47.8 Å². The molecule has 0 N–H and O–H groups in total. The molecule has 1 saturated heterocycles. The van der Waals surface area contributed by atoms with E-state index < -0.39 is 0 Å². The van der Waals surface area contributed by atoms with E-state index in [1.807, 2.05) is 6.92 Å². The summed E-state index contributed by atoms with van der Waals surface area (Å²) in [5.74, 6) is 1.66. The SMILES string of the molecule is Cc1nnc(N2CCN(c3ccc(C4CC4)nn3)CC2)s1. The predicted molar refractivity (Wildman–Crippen MR) is 83.1 cm³/mol. The molecule has 0 bridgehead atoms. The summed E-state index contributed by atoms with van der Waals surface area (Å²) in [6, 6.07) is 4.26. The number of rotatable bonds is 3. The molecule has 1 saturated carbocycles. The normalized spacial score (nSPS) is 19.1. The van der Waals surface area contributed by atoms with E-state index in [1.165, 1.54) is 12.8 Å². The molecule has 0 unspecified atom stereocenters. The highest BCUT2D eigenvalue weighted by atomic mass is 32.1. The van der Waals surface area contributed by atoms with Gasteiger partial charge in [-0.1, -0.05) is 11.3 Å². The Kier molecular flexibility index (Phi) is 3.21. The molecule has 21 heavy (non-hydrogen) atoms. The van der Waals surface area contributed by atoms with Gasteiger partial charge < -0.3 is 9.80 Å². The Morgan fingerprint density at radius 2 is 1.71 bits per heavy atom. The Morgan fingerprint density at radius 1 is 0.952 bits per heavy atom. The predicted octanol–water partition coefficient (Wildman–Crippen LogP) is 1.84. The third-order valence-electron chi connectivity index (χ3n) is 4.06. The number of aromatic nitrogens is 4. The first kappa shape index (κ1) is 12.9. The first-order valence-corrected chi connectivity index (χ1v) is 8.25. The Balaban J connectivity index is 1.40. The molecule has 0 amide bonds. The molecule has 0 aromatic carbocycles. The molecule has 2 aromatic rings.